The maximum absolute atomic E-state index is 8.48. The summed E-state index contributed by atoms with van der Waals surface area (Å²) >= 11 is 0. The van der Waals surface area contributed by atoms with E-state index in [4.69, 9.17) is 14.9 Å². The number of benzene rings is 6. The summed E-state index contributed by atoms with van der Waals surface area (Å²) in [7, 11) is -1.61. The molecule has 0 amide bonds. The van der Waals surface area contributed by atoms with Gasteiger partial charge in [0, 0.05) is 54.0 Å². The quantitative estimate of drug-likeness (QED) is 0.118. The molecule has 0 bridgehead atoms. The predicted octanol–water partition coefficient (Wildman–Crippen LogP) is 14.0. The summed E-state index contributed by atoms with van der Waals surface area (Å²) in [6.45, 7) is 10.4. The molecule has 4 heterocycles. The first-order chi connectivity index (χ1) is 31.1. The molecule has 0 unspecified atom stereocenters. The SMILES string of the molecule is Cc1ccc2c(n1)oc1c(-c3nc4ccccc4n3-c3c(-c4ccccc4)cccc3-c3ccccc3)[c-]ccc12.[2H]C([2H])([2H])c1c[c-]c(-c2cc(C([2H])(C)C)c([Si](C)(C)C)cn2)cc1.[Ir]. The molecule has 0 aliphatic rings. The van der Waals surface area contributed by atoms with Gasteiger partial charge in [0.25, 0.3) is 0 Å². The second-order valence-electron chi connectivity index (χ2n) is 16.6. The van der Waals surface area contributed by atoms with E-state index in [0.29, 0.717) is 5.71 Å². The molecular formula is C55H48IrN4OSi-2. The Hall–Kier alpha value is -6.24. The van der Waals surface area contributed by atoms with Crippen LogP contribution in [0.3, 0.4) is 0 Å². The smallest absolute Gasteiger partial charge is 0.216 e. The third-order valence-corrected chi connectivity index (χ3v) is 13.0. The average molecular weight is 1010 g/mol. The summed E-state index contributed by atoms with van der Waals surface area (Å²) in [5.74, 6) is 0.0551. The molecule has 10 aromatic rings. The fourth-order valence-corrected chi connectivity index (χ4v) is 9.57. The summed E-state index contributed by atoms with van der Waals surface area (Å²) in [5.41, 5.74) is 13.3. The van der Waals surface area contributed by atoms with Gasteiger partial charge in [0.1, 0.15) is 0 Å². The molecule has 0 N–H and O–H groups in total. The van der Waals surface area contributed by atoms with Crippen LogP contribution in [0.4, 0.5) is 0 Å². The minimum Gasteiger partial charge on any atom is -0.486 e. The number of furan rings is 1. The van der Waals surface area contributed by atoms with Gasteiger partial charge in [-0.3, -0.25) is 4.98 Å². The largest absolute Gasteiger partial charge is 0.486 e. The average Bonchev–Trinajstić information content (AvgIpc) is 3.87. The molecule has 0 saturated carbocycles. The van der Waals surface area contributed by atoms with Crippen molar-refractivity contribution in [3.63, 3.8) is 0 Å². The third-order valence-electron chi connectivity index (χ3n) is 11.0. The number of aryl methyl sites for hydroxylation is 2. The van der Waals surface area contributed by atoms with Crippen molar-refractivity contribution in [3.05, 3.63) is 187 Å². The maximum Gasteiger partial charge on any atom is 0.216 e. The fraction of sp³-hybridized carbons (Fsp3) is 0.145. The normalized spacial score (nSPS) is 12.8. The number of hydrogen-bond donors (Lipinski definition) is 0. The second kappa shape index (κ2) is 17.6. The van der Waals surface area contributed by atoms with Gasteiger partial charge in [-0.2, -0.15) is 0 Å². The molecule has 309 valence electrons. The first kappa shape index (κ1) is 37.5. The van der Waals surface area contributed by atoms with E-state index in [1.165, 1.54) is 11.3 Å². The van der Waals surface area contributed by atoms with Gasteiger partial charge in [-0.15, -0.1) is 53.6 Å². The molecule has 5 nitrogen and oxygen atoms in total. The number of fused-ring (bicyclic) bond motifs is 4. The summed E-state index contributed by atoms with van der Waals surface area (Å²) in [6.07, 6.45) is 1.89. The minimum atomic E-state index is -2.13. The van der Waals surface area contributed by atoms with Gasteiger partial charge >= 0.3 is 0 Å². The van der Waals surface area contributed by atoms with E-state index >= 15 is 0 Å². The van der Waals surface area contributed by atoms with E-state index < -0.39 is 20.8 Å². The number of pyridine rings is 2. The minimum absolute atomic E-state index is 0. The third kappa shape index (κ3) is 8.24. The molecule has 7 heteroatoms. The van der Waals surface area contributed by atoms with Crippen molar-refractivity contribution in [2.24, 2.45) is 0 Å². The Morgan fingerprint density at radius 1 is 0.742 bits per heavy atom. The molecule has 6 aromatic carbocycles. The number of hydrogen-bond acceptors (Lipinski definition) is 4. The van der Waals surface area contributed by atoms with Crippen molar-refractivity contribution in [1.82, 2.24) is 19.5 Å². The van der Waals surface area contributed by atoms with Crippen molar-refractivity contribution >= 4 is 46.4 Å². The van der Waals surface area contributed by atoms with Gasteiger partial charge in [-0.1, -0.05) is 154 Å². The molecule has 0 saturated heterocycles. The summed E-state index contributed by atoms with van der Waals surface area (Å²) < 4.78 is 39.5. The zero-order chi connectivity index (χ0) is 45.7. The summed E-state index contributed by atoms with van der Waals surface area (Å²) in [4.78, 5) is 14.4. The van der Waals surface area contributed by atoms with Crippen LogP contribution in [0.1, 0.15) is 42.0 Å². The Morgan fingerprint density at radius 3 is 2.08 bits per heavy atom. The van der Waals surface area contributed by atoms with Crippen LogP contribution in [0.5, 0.6) is 0 Å². The number of aromatic nitrogens is 4. The second-order valence-corrected chi connectivity index (χ2v) is 21.6. The standard InChI is InChI=1S/C37H24N3O.C18H24NSi.Ir/c1-24-22-23-30-29-18-11-19-31(35(29)41-37(30)38-24)36-39-32-20-8-9-21-33(32)40(36)34-27(25-12-4-2-5-13-25)16-10-17-28(34)26-14-6-3-7-15-26;1-13(2)16-11-17(15-9-7-14(3)8-10-15)19-12-18(16)20(4,5)6;/h2-18,20-23H,1H3;7-9,11-13H,1-6H3;/q2*-1;/i;3D3,13D;. The van der Waals surface area contributed by atoms with Gasteiger partial charge in [-0.05, 0) is 59.1 Å². The maximum atomic E-state index is 8.48. The van der Waals surface area contributed by atoms with Crippen LogP contribution < -0.4 is 5.19 Å². The van der Waals surface area contributed by atoms with E-state index in [0.717, 1.165) is 89.2 Å². The van der Waals surface area contributed by atoms with Gasteiger partial charge in [0.05, 0.1) is 36.2 Å². The van der Waals surface area contributed by atoms with Crippen molar-refractivity contribution in [1.29, 1.82) is 0 Å². The Bertz CT molecular complexity index is 3280. The first-order valence-corrected chi connectivity index (χ1v) is 24.0. The zero-order valence-electron chi connectivity index (χ0n) is 39.5. The monoisotopic (exact) mass is 1010 g/mol. The molecule has 62 heavy (non-hydrogen) atoms. The Balaban J connectivity index is 0.000000204. The number of para-hydroxylation sites is 3. The first-order valence-electron chi connectivity index (χ1n) is 22.5. The summed E-state index contributed by atoms with van der Waals surface area (Å²) in [6, 6.07) is 57.3. The van der Waals surface area contributed by atoms with Crippen molar-refractivity contribution < 1.29 is 30.0 Å². The van der Waals surface area contributed by atoms with E-state index in [2.05, 4.69) is 149 Å². The Morgan fingerprint density at radius 2 is 1.44 bits per heavy atom. The van der Waals surface area contributed by atoms with E-state index in [-0.39, 0.29) is 25.7 Å². The molecule has 10 rings (SSSR count). The van der Waals surface area contributed by atoms with E-state index in [9.17, 15) is 0 Å². The number of imidazole rings is 1. The van der Waals surface area contributed by atoms with Gasteiger partial charge in [0.15, 0.2) is 0 Å². The van der Waals surface area contributed by atoms with Crippen molar-refractivity contribution in [3.8, 4) is 50.6 Å². The summed E-state index contributed by atoms with van der Waals surface area (Å²) in [5, 5.41) is 3.17. The zero-order valence-corrected chi connectivity index (χ0v) is 38.9. The van der Waals surface area contributed by atoms with Crippen LogP contribution in [-0.4, -0.2) is 27.6 Å². The van der Waals surface area contributed by atoms with Crippen molar-refractivity contribution in [2.75, 3.05) is 0 Å². The number of rotatable bonds is 7. The molecule has 0 atom stereocenters. The van der Waals surface area contributed by atoms with Gasteiger partial charge < -0.3 is 14.0 Å². The van der Waals surface area contributed by atoms with Crippen LogP contribution in [0, 0.1) is 25.9 Å². The number of nitrogens with zero attached hydrogens (tertiary/aromatic N) is 4. The topological polar surface area (TPSA) is 56.7 Å². The molecule has 0 fully saturated rings. The van der Waals surface area contributed by atoms with E-state index in [1.807, 2.05) is 57.3 Å². The molecule has 1 radical (unpaired) electrons. The van der Waals surface area contributed by atoms with Crippen LogP contribution in [0.25, 0.3) is 83.7 Å². The molecule has 0 spiro atoms. The fourth-order valence-electron chi connectivity index (χ4n) is 7.98. The molecule has 0 aliphatic heterocycles. The van der Waals surface area contributed by atoms with Crippen LogP contribution in [0.15, 0.2) is 162 Å². The Kier molecular flexibility index (Phi) is 10.7. The van der Waals surface area contributed by atoms with Gasteiger partial charge in [0.2, 0.25) is 5.71 Å². The molecule has 0 aliphatic carbocycles. The van der Waals surface area contributed by atoms with E-state index in [1.54, 1.807) is 12.1 Å². The van der Waals surface area contributed by atoms with Crippen LogP contribution >= 0.6 is 0 Å². The molecular weight excluding hydrogens is 953 g/mol. The molecule has 4 aromatic heterocycles. The van der Waals surface area contributed by atoms with Crippen molar-refractivity contribution in [2.45, 2.75) is 53.2 Å². The predicted molar refractivity (Wildman–Crippen MR) is 256 cm³/mol. The van der Waals surface area contributed by atoms with Crippen LogP contribution in [-0.2, 0) is 20.1 Å². The van der Waals surface area contributed by atoms with Crippen LogP contribution in [0.2, 0.25) is 19.6 Å². The van der Waals surface area contributed by atoms with Gasteiger partial charge in [-0.25, -0.2) is 4.98 Å². The Labute approximate surface area is 384 Å².